The zero-order chi connectivity index (χ0) is 11.2. The van der Waals surface area contributed by atoms with Gasteiger partial charge >= 0.3 is 0 Å². The highest BCUT2D eigenvalue weighted by Gasteiger charge is 2.23. The molecule has 0 aromatic carbocycles. The number of aliphatic hydroxyl groups excluding tert-OH is 1. The van der Waals surface area contributed by atoms with Crippen LogP contribution < -0.4 is 5.32 Å². The zero-order valence-corrected chi connectivity index (χ0v) is 8.63. The number of halogens is 2. The monoisotopic (exact) mass is 211 g/mol. The van der Waals surface area contributed by atoms with Crippen LogP contribution in [0.5, 0.6) is 0 Å². The maximum atomic E-state index is 11.9. The maximum absolute atomic E-state index is 11.9. The summed E-state index contributed by atoms with van der Waals surface area (Å²) in [4.78, 5) is 0. The molecule has 0 fully saturated rings. The summed E-state index contributed by atoms with van der Waals surface area (Å²) in [5.41, 5.74) is -0.859. The molecule has 14 heavy (non-hydrogen) atoms. The molecular weight excluding hydrogens is 192 g/mol. The van der Waals surface area contributed by atoms with Gasteiger partial charge < -0.3 is 15.5 Å². The van der Waals surface area contributed by atoms with Crippen molar-refractivity contribution in [3.8, 4) is 0 Å². The third-order valence-electron chi connectivity index (χ3n) is 2.41. The SMILES string of the molecule is CCC(O)(CC)CNCC(O)C(F)F. The van der Waals surface area contributed by atoms with Crippen LogP contribution in [0.1, 0.15) is 26.7 Å². The quantitative estimate of drug-likeness (QED) is 0.582. The number of alkyl halides is 2. The van der Waals surface area contributed by atoms with Crippen molar-refractivity contribution in [2.24, 2.45) is 0 Å². The fourth-order valence-corrected chi connectivity index (χ4v) is 1.04. The average Bonchev–Trinajstić information content (AvgIpc) is 2.17. The summed E-state index contributed by atoms with van der Waals surface area (Å²) in [6.07, 6.45) is -3.28. The molecule has 0 aromatic rings. The molecule has 1 atom stereocenters. The standard InChI is InChI=1S/C9H19F2NO2/c1-3-9(14,4-2)6-12-5-7(13)8(10)11/h7-8,12-14H,3-6H2,1-2H3. The molecule has 0 aromatic heterocycles. The lowest BCUT2D eigenvalue weighted by atomic mass is 9.97. The van der Waals surface area contributed by atoms with Gasteiger partial charge in [0.05, 0.1) is 5.60 Å². The van der Waals surface area contributed by atoms with E-state index in [1.54, 1.807) is 0 Å². The minimum atomic E-state index is -2.74. The van der Waals surface area contributed by atoms with Gasteiger partial charge in [-0.15, -0.1) is 0 Å². The molecule has 1 unspecified atom stereocenters. The molecule has 0 saturated heterocycles. The summed E-state index contributed by atoms with van der Waals surface area (Å²) in [6.45, 7) is 3.69. The first-order valence-corrected chi connectivity index (χ1v) is 4.84. The number of aliphatic hydroxyl groups is 2. The predicted octanol–water partition coefficient (Wildman–Crippen LogP) is 0.753. The second-order valence-electron chi connectivity index (χ2n) is 3.46. The Labute approximate surface area is 83.1 Å². The van der Waals surface area contributed by atoms with E-state index in [2.05, 4.69) is 5.32 Å². The Hall–Kier alpha value is -0.260. The summed E-state index contributed by atoms with van der Waals surface area (Å²) in [6, 6.07) is 0. The second kappa shape index (κ2) is 6.27. The van der Waals surface area contributed by atoms with Crippen molar-refractivity contribution in [3.05, 3.63) is 0 Å². The Morgan fingerprint density at radius 1 is 1.29 bits per heavy atom. The van der Waals surface area contributed by atoms with E-state index >= 15 is 0 Å². The van der Waals surface area contributed by atoms with Crippen molar-refractivity contribution < 1.29 is 19.0 Å². The van der Waals surface area contributed by atoms with E-state index in [1.807, 2.05) is 13.8 Å². The van der Waals surface area contributed by atoms with Crippen molar-refractivity contribution in [2.45, 2.75) is 44.8 Å². The lowest BCUT2D eigenvalue weighted by Gasteiger charge is -2.26. The van der Waals surface area contributed by atoms with Gasteiger partial charge in [0.25, 0.3) is 6.43 Å². The van der Waals surface area contributed by atoms with Crippen LogP contribution in [0.4, 0.5) is 8.78 Å². The topological polar surface area (TPSA) is 52.5 Å². The number of hydrogen-bond acceptors (Lipinski definition) is 3. The third kappa shape index (κ3) is 4.83. The highest BCUT2D eigenvalue weighted by molar-refractivity contribution is 4.78. The van der Waals surface area contributed by atoms with Crippen LogP contribution in [0, 0.1) is 0 Å². The lowest BCUT2D eigenvalue weighted by molar-refractivity contribution is -0.0116. The predicted molar refractivity (Wildman–Crippen MR) is 50.4 cm³/mol. The molecule has 0 radical (unpaired) electrons. The van der Waals surface area contributed by atoms with E-state index < -0.39 is 18.1 Å². The molecule has 0 aliphatic carbocycles. The lowest BCUT2D eigenvalue weighted by Crippen LogP contribution is -2.43. The van der Waals surface area contributed by atoms with Crippen LogP contribution >= 0.6 is 0 Å². The first-order valence-electron chi connectivity index (χ1n) is 4.84. The van der Waals surface area contributed by atoms with E-state index in [4.69, 9.17) is 5.11 Å². The molecule has 86 valence electrons. The van der Waals surface area contributed by atoms with Crippen LogP contribution in [0.3, 0.4) is 0 Å². The molecule has 5 heteroatoms. The van der Waals surface area contributed by atoms with Crippen molar-refractivity contribution in [1.29, 1.82) is 0 Å². The smallest absolute Gasteiger partial charge is 0.265 e. The van der Waals surface area contributed by atoms with Gasteiger partial charge in [-0.2, -0.15) is 0 Å². The summed E-state index contributed by atoms with van der Waals surface area (Å²) in [5.74, 6) is 0. The zero-order valence-electron chi connectivity index (χ0n) is 8.63. The highest BCUT2D eigenvalue weighted by atomic mass is 19.3. The van der Waals surface area contributed by atoms with Crippen LogP contribution in [-0.4, -0.2) is 41.4 Å². The van der Waals surface area contributed by atoms with Crippen LogP contribution in [0.15, 0.2) is 0 Å². The minimum Gasteiger partial charge on any atom is -0.389 e. The van der Waals surface area contributed by atoms with Crippen molar-refractivity contribution in [3.63, 3.8) is 0 Å². The molecule has 3 N–H and O–H groups in total. The van der Waals surface area contributed by atoms with Gasteiger partial charge in [0.15, 0.2) is 0 Å². The van der Waals surface area contributed by atoms with Crippen LogP contribution in [0.2, 0.25) is 0 Å². The molecule has 0 saturated carbocycles. The van der Waals surface area contributed by atoms with Crippen molar-refractivity contribution in [2.75, 3.05) is 13.1 Å². The minimum absolute atomic E-state index is 0.194. The van der Waals surface area contributed by atoms with Gasteiger partial charge in [-0.05, 0) is 12.8 Å². The third-order valence-corrected chi connectivity index (χ3v) is 2.41. The van der Waals surface area contributed by atoms with Crippen LogP contribution in [-0.2, 0) is 0 Å². The fourth-order valence-electron chi connectivity index (χ4n) is 1.04. The molecule has 0 spiro atoms. The van der Waals surface area contributed by atoms with Gasteiger partial charge in [0.2, 0.25) is 0 Å². The number of hydrogen-bond donors (Lipinski definition) is 3. The Bertz CT molecular complexity index is 152. The summed E-state index contributed by atoms with van der Waals surface area (Å²) < 4.78 is 23.7. The average molecular weight is 211 g/mol. The van der Waals surface area contributed by atoms with Crippen molar-refractivity contribution >= 4 is 0 Å². The normalized spacial score (nSPS) is 14.8. The van der Waals surface area contributed by atoms with Gasteiger partial charge in [-0.1, -0.05) is 13.8 Å². The molecular formula is C9H19F2NO2. The van der Waals surface area contributed by atoms with Gasteiger partial charge in [-0.25, -0.2) is 8.78 Å². The largest absolute Gasteiger partial charge is 0.389 e. The van der Waals surface area contributed by atoms with E-state index in [0.717, 1.165) is 0 Å². The Kier molecular flexibility index (Phi) is 6.15. The molecule has 0 rings (SSSR count). The summed E-state index contributed by atoms with van der Waals surface area (Å²) in [5, 5.41) is 21.2. The fraction of sp³-hybridized carbons (Fsp3) is 1.00. The van der Waals surface area contributed by atoms with E-state index in [0.29, 0.717) is 12.8 Å². The van der Waals surface area contributed by atoms with E-state index in [1.165, 1.54) is 0 Å². The molecule has 0 aliphatic heterocycles. The molecule has 0 aliphatic rings. The van der Waals surface area contributed by atoms with Crippen molar-refractivity contribution in [1.82, 2.24) is 5.32 Å². The summed E-state index contributed by atoms with van der Waals surface area (Å²) in [7, 11) is 0. The molecule has 0 bridgehead atoms. The van der Waals surface area contributed by atoms with Gasteiger partial charge in [-0.3, -0.25) is 0 Å². The Balaban J connectivity index is 3.72. The highest BCUT2D eigenvalue weighted by Crippen LogP contribution is 2.12. The summed E-state index contributed by atoms with van der Waals surface area (Å²) >= 11 is 0. The first-order chi connectivity index (χ1) is 6.45. The van der Waals surface area contributed by atoms with Gasteiger partial charge in [0.1, 0.15) is 6.10 Å². The number of nitrogens with one attached hydrogen (secondary N) is 1. The first kappa shape index (κ1) is 13.7. The van der Waals surface area contributed by atoms with E-state index in [-0.39, 0.29) is 13.1 Å². The van der Waals surface area contributed by atoms with E-state index in [9.17, 15) is 13.9 Å². The molecule has 3 nitrogen and oxygen atoms in total. The Morgan fingerprint density at radius 3 is 2.14 bits per heavy atom. The van der Waals surface area contributed by atoms with Crippen LogP contribution in [0.25, 0.3) is 0 Å². The molecule has 0 heterocycles. The molecule has 0 amide bonds. The second-order valence-corrected chi connectivity index (χ2v) is 3.46. The Morgan fingerprint density at radius 2 is 1.79 bits per heavy atom. The van der Waals surface area contributed by atoms with Gasteiger partial charge in [0, 0.05) is 13.1 Å². The maximum Gasteiger partial charge on any atom is 0.265 e. The number of rotatable bonds is 7.